The molecule has 4 aromatic rings. The summed E-state index contributed by atoms with van der Waals surface area (Å²) in [6.45, 7) is 0. The molecule has 0 bridgehead atoms. The Hall–Kier alpha value is -2.80. The van der Waals surface area contributed by atoms with Gasteiger partial charge in [0, 0.05) is 13.2 Å². The van der Waals surface area contributed by atoms with Crippen LogP contribution >= 0.6 is 0 Å². The number of para-hydroxylation sites is 2. The molecule has 0 atom stereocenters. The first-order valence-corrected chi connectivity index (χ1v) is 6.05. The van der Waals surface area contributed by atoms with Crippen molar-refractivity contribution in [2.45, 2.75) is 0 Å². The highest BCUT2D eigenvalue weighted by atomic mass is 15.0. The van der Waals surface area contributed by atoms with E-state index in [0.717, 1.165) is 27.7 Å². The van der Waals surface area contributed by atoms with Crippen molar-refractivity contribution in [1.29, 1.82) is 5.26 Å². The van der Waals surface area contributed by atoms with Gasteiger partial charge in [-0.05, 0) is 24.3 Å². The lowest BCUT2D eigenvalue weighted by atomic mass is 10.2. The summed E-state index contributed by atoms with van der Waals surface area (Å²) in [5.74, 6) is 0. The van der Waals surface area contributed by atoms with Crippen molar-refractivity contribution < 1.29 is 0 Å². The van der Waals surface area contributed by atoms with E-state index in [2.05, 4.69) is 21.5 Å². The van der Waals surface area contributed by atoms with E-state index in [0.29, 0.717) is 5.56 Å². The second kappa shape index (κ2) is 3.36. The van der Waals surface area contributed by atoms with Crippen LogP contribution in [0.1, 0.15) is 5.56 Å². The minimum atomic E-state index is 0.602. The van der Waals surface area contributed by atoms with Crippen LogP contribution in [0.4, 0.5) is 0 Å². The number of nitrogens with zero attached hydrogens (tertiary/aromatic N) is 4. The quantitative estimate of drug-likeness (QED) is 0.479. The van der Waals surface area contributed by atoms with Crippen molar-refractivity contribution in [2.75, 3.05) is 0 Å². The lowest BCUT2D eigenvalue weighted by molar-refractivity contribution is 0.967. The molecule has 3 heterocycles. The molecule has 0 aliphatic heterocycles. The smallest absolute Gasteiger partial charge is 0.156 e. The van der Waals surface area contributed by atoms with Crippen LogP contribution in [0.5, 0.6) is 0 Å². The molecule has 0 aliphatic rings. The van der Waals surface area contributed by atoms with Gasteiger partial charge in [-0.15, -0.1) is 0 Å². The van der Waals surface area contributed by atoms with Crippen molar-refractivity contribution in [3.63, 3.8) is 0 Å². The molecule has 3 aromatic heterocycles. The molecule has 0 unspecified atom stereocenters. The van der Waals surface area contributed by atoms with Gasteiger partial charge in [0.2, 0.25) is 0 Å². The fraction of sp³-hybridized carbons (Fsp3) is 0.0667. The summed E-state index contributed by atoms with van der Waals surface area (Å²) in [6, 6.07) is 14.1. The number of aromatic nitrogens is 3. The highest BCUT2D eigenvalue weighted by Crippen LogP contribution is 2.26. The maximum atomic E-state index is 9.34. The summed E-state index contributed by atoms with van der Waals surface area (Å²) in [5, 5.41) is 9.34. The third kappa shape index (κ3) is 1.19. The number of hydrogen-bond acceptors (Lipinski definition) is 2. The number of aryl methyl sites for hydroxylation is 1. The maximum Gasteiger partial charge on any atom is 0.156 e. The monoisotopic (exact) mass is 246 g/mol. The van der Waals surface area contributed by atoms with E-state index in [-0.39, 0.29) is 0 Å². The third-order valence-corrected chi connectivity index (χ3v) is 3.54. The molecular formula is C15H10N4. The number of rotatable bonds is 0. The normalized spacial score (nSPS) is 11.4. The molecule has 0 fully saturated rings. The Labute approximate surface area is 109 Å². The first-order chi connectivity index (χ1) is 9.29. The van der Waals surface area contributed by atoms with Gasteiger partial charge < -0.3 is 4.57 Å². The Kier molecular flexibility index (Phi) is 1.80. The molecular weight excluding hydrogens is 236 g/mol. The number of benzene rings is 1. The van der Waals surface area contributed by atoms with Crippen LogP contribution in [-0.2, 0) is 7.05 Å². The zero-order chi connectivity index (χ0) is 13.0. The van der Waals surface area contributed by atoms with E-state index in [4.69, 9.17) is 0 Å². The summed E-state index contributed by atoms with van der Waals surface area (Å²) in [4.78, 5) is 4.58. The van der Waals surface area contributed by atoms with Gasteiger partial charge in [0.25, 0.3) is 0 Å². The number of pyridine rings is 1. The van der Waals surface area contributed by atoms with E-state index in [9.17, 15) is 5.26 Å². The number of fused-ring (bicyclic) bond motifs is 5. The fourth-order valence-electron chi connectivity index (χ4n) is 2.63. The van der Waals surface area contributed by atoms with Crippen LogP contribution in [0.25, 0.3) is 27.7 Å². The van der Waals surface area contributed by atoms with Gasteiger partial charge >= 0.3 is 0 Å². The Morgan fingerprint density at radius 2 is 1.95 bits per heavy atom. The predicted octanol–water partition coefficient (Wildman–Crippen LogP) is 2.85. The molecule has 0 spiro atoms. The first kappa shape index (κ1) is 10.2. The van der Waals surface area contributed by atoms with Gasteiger partial charge in [-0.2, -0.15) is 5.26 Å². The second-order valence-corrected chi connectivity index (χ2v) is 4.63. The van der Waals surface area contributed by atoms with E-state index in [1.54, 1.807) is 0 Å². The molecule has 1 aromatic carbocycles. The molecule has 0 amide bonds. The van der Waals surface area contributed by atoms with Gasteiger partial charge in [-0.3, -0.25) is 4.40 Å². The Balaban J connectivity index is 2.41. The lowest BCUT2D eigenvalue weighted by Crippen LogP contribution is -1.93. The highest BCUT2D eigenvalue weighted by Gasteiger charge is 2.13. The van der Waals surface area contributed by atoms with E-state index >= 15 is 0 Å². The van der Waals surface area contributed by atoms with E-state index in [1.807, 2.05) is 48.1 Å². The maximum absolute atomic E-state index is 9.34. The predicted molar refractivity (Wildman–Crippen MR) is 73.9 cm³/mol. The standard InChI is InChI=1S/C15H10N4/c1-18-7-6-13-14(18)8-10(9-16)15-17-11-4-2-3-5-12(11)19(13)15/h2-8H,1H3. The summed E-state index contributed by atoms with van der Waals surface area (Å²) < 4.78 is 4.08. The molecule has 4 rings (SSSR count). The van der Waals surface area contributed by atoms with E-state index < -0.39 is 0 Å². The molecule has 4 heteroatoms. The molecule has 0 radical (unpaired) electrons. The zero-order valence-electron chi connectivity index (χ0n) is 10.3. The summed E-state index contributed by atoms with van der Waals surface area (Å²) in [5.41, 5.74) is 5.38. The molecule has 90 valence electrons. The number of imidazole rings is 1. The average molecular weight is 246 g/mol. The van der Waals surface area contributed by atoms with Crippen LogP contribution < -0.4 is 0 Å². The minimum Gasteiger partial charge on any atom is -0.349 e. The summed E-state index contributed by atoms with van der Waals surface area (Å²) in [7, 11) is 1.98. The molecule has 4 nitrogen and oxygen atoms in total. The fourth-order valence-corrected chi connectivity index (χ4v) is 2.63. The van der Waals surface area contributed by atoms with Gasteiger partial charge in [0.1, 0.15) is 6.07 Å². The molecule has 19 heavy (non-hydrogen) atoms. The number of hydrogen-bond donors (Lipinski definition) is 0. The Bertz CT molecular complexity index is 982. The van der Waals surface area contributed by atoms with Crippen molar-refractivity contribution >= 4 is 27.7 Å². The average Bonchev–Trinajstić information content (AvgIpc) is 2.99. The van der Waals surface area contributed by atoms with E-state index in [1.165, 1.54) is 0 Å². The van der Waals surface area contributed by atoms with Gasteiger partial charge in [-0.1, -0.05) is 12.1 Å². The highest BCUT2D eigenvalue weighted by molar-refractivity contribution is 5.91. The van der Waals surface area contributed by atoms with Crippen molar-refractivity contribution in [3.8, 4) is 6.07 Å². The Morgan fingerprint density at radius 1 is 1.11 bits per heavy atom. The van der Waals surface area contributed by atoms with Gasteiger partial charge in [0.05, 0.1) is 27.6 Å². The van der Waals surface area contributed by atoms with Crippen molar-refractivity contribution in [3.05, 3.63) is 48.2 Å². The Morgan fingerprint density at radius 3 is 2.79 bits per heavy atom. The first-order valence-electron chi connectivity index (χ1n) is 6.05. The molecule has 0 saturated carbocycles. The SMILES string of the molecule is Cn1ccc2c1cc(C#N)c1nc3ccccc3n12. The van der Waals surface area contributed by atoms with Crippen LogP contribution in [0, 0.1) is 11.3 Å². The third-order valence-electron chi connectivity index (χ3n) is 3.54. The van der Waals surface area contributed by atoms with Crippen LogP contribution in [0.15, 0.2) is 42.6 Å². The zero-order valence-corrected chi connectivity index (χ0v) is 10.3. The molecule has 0 N–H and O–H groups in total. The molecule has 0 aliphatic carbocycles. The lowest BCUT2D eigenvalue weighted by Gasteiger charge is -2.02. The number of nitriles is 1. The van der Waals surface area contributed by atoms with Crippen molar-refractivity contribution in [2.24, 2.45) is 7.05 Å². The minimum absolute atomic E-state index is 0.602. The van der Waals surface area contributed by atoms with Gasteiger partial charge in [-0.25, -0.2) is 4.98 Å². The van der Waals surface area contributed by atoms with Crippen LogP contribution in [0.2, 0.25) is 0 Å². The summed E-state index contributed by atoms with van der Waals surface area (Å²) in [6.07, 6.45) is 2.00. The largest absolute Gasteiger partial charge is 0.349 e. The van der Waals surface area contributed by atoms with Crippen LogP contribution in [0.3, 0.4) is 0 Å². The second-order valence-electron chi connectivity index (χ2n) is 4.63. The van der Waals surface area contributed by atoms with Gasteiger partial charge in [0.15, 0.2) is 5.65 Å². The summed E-state index contributed by atoms with van der Waals surface area (Å²) >= 11 is 0. The topological polar surface area (TPSA) is 46.0 Å². The van der Waals surface area contributed by atoms with Crippen molar-refractivity contribution in [1.82, 2.24) is 14.0 Å². The van der Waals surface area contributed by atoms with Crippen LogP contribution in [-0.4, -0.2) is 14.0 Å². The molecule has 0 saturated heterocycles.